The fraction of sp³-hybridized carbons (Fsp3) is 0.429. The predicted octanol–water partition coefficient (Wildman–Crippen LogP) is 2.60. The molecule has 0 spiro atoms. The summed E-state index contributed by atoms with van der Waals surface area (Å²) in [6.07, 6.45) is 1.50. The third-order valence-electron chi connectivity index (χ3n) is 3.40. The molecule has 0 aliphatic carbocycles. The van der Waals surface area contributed by atoms with Crippen molar-refractivity contribution in [2.24, 2.45) is 5.92 Å². The monoisotopic (exact) mass is 331 g/mol. The highest BCUT2D eigenvalue weighted by Crippen LogP contribution is 2.23. The van der Waals surface area contributed by atoms with E-state index in [4.69, 9.17) is 27.9 Å². The standard InChI is InChI=1S/C14H15Cl2NO4/c15-10-4-3-8(6-11(10)16)13(18)17-12(14(19)20)9-2-1-5-21-7-9/h3-4,6,9,12H,1-2,5,7H2,(H,17,18)(H,19,20). The van der Waals surface area contributed by atoms with Crippen molar-refractivity contribution in [1.29, 1.82) is 0 Å². The third-order valence-corrected chi connectivity index (χ3v) is 4.14. The molecule has 1 aromatic rings. The number of benzene rings is 1. The number of rotatable bonds is 4. The summed E-state index contributed by atoms with van der Waals surface area (Å²) in [7, 11) is 0. The lowest BCUT2D eigenvalue weighted by molar-refractivity contribution is -0.142. The highest BCUT2D eigenvalue weighted by Gasteiger charge is 2.31. The molecule has 2 atom stereocenters. The van der Waals surface area contributed by atoms with E-state index < -0.39 is 17.9 Å². The van der Waals surface area contributed by atoms with Crippen molar-refractivity contribution in [1.82, 2.24) is 5.32 Å². The van der Waals surface area contributed by atoms with Gasteiger partial charge < -0.3 is 15.2 Å². The Morgan fingerprint density at radius 3 is 2.67 bits per heavy atom. The molecular formula is C14H15Cl2NO4. The first-order valence-corrected chi connectivity index (χ1v) is 7.31. The van der Waals surface area contributed by atoms with E-state index in [-0.39, 0.29) is 16.5 Å². The Morgan fingerprint density at radius 1 is 1.33 bits per heavy atom. The van der Waals surface area contributed by atoms with Crippen molar-refractivity contribution in [2.75, 3.05) is 13.2 Å². The number of halogens is 2. The van der Waals surface area contributed by atoms with Crippen LogP contribution in [0.4, 0.5) is 0 Å². The lowest BCUT2D eigenvalue weighted by atomic mass is 9.93. The van der Waals surface area contributed by atoms with Crippen molar-refractivity contribution in [3.8, 4) is 0 Å². The van der Waals surface area contributed by atoms with Crippen LogP contribution >= 0.6 is 23.2 Å². The van der Waals surface area contributed by atoms with Gasteiger partial charge in [-0.05, 0) is 31.0 Å². The van der Waals surface area contributed by atoms with E-state index in [2.05, 4.69) is 5.32 Å². The number of hydrogen-bond donors (Lipinski definition) is 2. The van der Waals surface area contributed by atoms with Crippen LogP contribution in [0.3, 0.4) is 0 Å². The lowest BCUT2D eigenvalue weighted by Gasteiger charge is -2.28. The van der Waals surface area contributed by atoms with E-state index in [1.807, 2.05) is 0 Å². The summed E-state index contributed by atoms with van der Waals surface area (Å²) in [5, 5.41) is 12.4. The first kappa shape index (κ1) is 16.1. The molecule has 2 rings (SSSR count). The van der Waals surface area contributed by atoms with Gasteiger partial charge in [-0.3, -0.25) is 4.79 Å². The van der Waals surface area contributed by atoms with Gasteiger partial charge in [-0.2, -0.15) is 0 Å². The van der Waals surface area contributed by atoms with Gasteiger partial charge in [0.2, 0.25) is 0 Å². The SMILES string of the molecule is O=C(NC(C(=O)O)C1CCCOC1)c1ccc(Cl)c(Cl)c1. The van der Waals surface area contributed by atoms with Crippen molar-refractivity contribution in [2.45, 2.75) is 18.9 Å². The first-order chi connectivity index (χ1) is 9.99. The van der Waals surface area contributed by atoms with E-state index in [9.17, 15) is 14.7 Å². The van der Waals surface area contributed by atoms with Gasteiger partial charge in [0.25, 0.3) is 5.91 Å². The minimum absolute atomic E-state index is 0.233. The number of carbonyl (C=O) groups excluding carboxylic acids is 1. The van der Waals surface area contributed by atoms with Gasteiger partial charge in [-0.15, -0.1) is 0 Å². The summed E-state index contributed by atoms with van der Waals surface area (Å²) < 4.78 is 5.28. The molecule has 114 valence electrons. The fourth-order valence-corrected chi connectivity index (χ4v) is 2.57. The number of ether oxygens (including phenoxy) is 1. The summed E-state index contributed by atoms with van der Waals surface area (Å²) in [6.45, 7) is 0.961. The zero-order valence-corrected chi connectivity index (χ0v) is 12.7. The molecule has 1 aliphatic heterocycles. The quantitative estimate of drug-likeness (QED) is 0.889. The number of aliphatic carboxylic acids is 1. The van der Waals surface area contributed by atoms with Crippen molar-refractivity contribution < 1.29 is 19.4 Å². The van der Waals surface area contributed by atoms with Crippen LogP contribution in [-0.4, -0.2) is 36.2 Å². The third kappa shape index (κ3) is 4.09. The Kier molecular flexibility index (Phi) is 5.45. The Balaban J connectivity index is 2.10. The van der Waals surface area contributed by atoms with Crippen molar-refractivity contribution >= 4 is 35.1 Å². The molecule has 1 aliphatic rings. The molecule has 1 aromatic carbocycles. The minimum atomic E-state index is -1.07. The molecule has 0 aromatic heterocycles. The maximum absolute atomic E-state index is 12.1. The number of nitrogens with one attached hydrogen (secondary N) is 1. The molecule has 2 unspecified atom stereocenters. The Labute approximate surface area is 132 Å². The Morgan fingerprint density at radius 2 is 2.10 bits per heavy atom. The summed E-state index contributed by atoms with van der Waals surface area (Å²) in [5.74, 6) is -1.80. The van der Waals surface area contributed by atoms with E-state index in [0.29, 0.717) is 24.7 Å². The molecule has 0 saturated carbocycles. The summed E-state index contributed by atoms with van der Waals surface area (Å²) in [4.78, 5) is 23.5. The highest BCUT2D eigenvalue weighted by atomic mass is 35.5. The van der Waals surface area contributed by atoms with Gasteiger partial charge in [0, 0.05) is 18.1 Å². The van der Waals surface area contributed by atoms with Crippen molar-refractivity contribution in [3.63, 3.8) is 0 Å². The molecule has 5 nitrogen and oxygen atoms in total. The van der Waals surface area contributed by atoms with Crippen molar-refractivity contribution in [3.05, 3.63) is 33.8 Å². The maximum Gasteiger partial charge on any atom is 0.326 e. The predicted molar refractivity (Wildman–Crippen MR) is 78.9 cm³/mol. The zero-order valence-electron chi connectivity index (χ0n) is 11.1. The smallest absolute Gasteiger partial charge is 0.326 e. The van der Waals surface area contributed by atoms with Gasteiger partial charge in [-0.1, -0.05) is 23.2 Å². The van der Waals surface area contributed by atoms with Gasteiger partial charge in [0.05, 0.1) is 16.7 Å². The van der Waals surface area contributed by atoms with Crippen LogP contribution in [0.25, 0.3) is 0 Å². The molecular weight excluding hydrogens is 317 g/mol. The minimum Gasteiger partial charge on any atom is -0.480 e. The Hall–Kier alpha value is -1.30. The van der Waals surface area contributed by atoms with Crippen LogP contribution in [0, 0.1) is 5.92 Å². The normalized spacial score (nSPS) is 19.8. The molecule has 1 heterocycles. The average Bonchev–Trinajstić information content (AvgIpc) is 2.48. The average molecular weight is 332 g/mol. The summed E-state index contributed by atoms with van der Waals surface area (Å²) in [5.41, 5.74) is 0.271. The maximum atomic E-state index is 12.1. The fourth-order valence-electron chi connectivity index (χ4n) is 2.27. The summed E-state index contributed by atoms with van der Waals surface area (Å²) >= 11 is 11.6. The topological polar surface area (TPSA) is 75.6 Å². The molecule has 0 bridgehead atoms. The van der Waals surface area contributed by atoms with E-state index in [1.165, 1.54) is 18.2 Å². The largest absolute Gasteiger partial charge is 0.480 e. The second kappa shape index (κ2) is 7.11. The number of carboxylic acids is 1. The molecule has 2 N–H and O–H groups in total. The summed E-state index contributed by atoms with van der Waals surface area (Å²) in [6, 6.07) is 3.43. The van der Waals surface area contributed by atoms with Gasteiger partial charge in [0.15, 0.2) is 0 Å². The molecule has 21 heavy (non-hydrogen) atoms. The van der Waals surface area contributed by atoms with E-state index in [0.717, 1.165) is 6.42 Å². The van der Waals surface area contributed by atoms with Crippen LogP contribution in [-0.2, 0) is 9.53 Å². The lowest BCUT2D eigenvalue weighted by Crippen LogP contribution is -2.48. The molecule has 0 radical (unpaired) electrons. The number of hydrogen-bond acceptors (Lipinski definition) is 3. The van der Waals surface area contributed by atoms with E-state index >= 15 is 0 Å². The second-order valence-electron chi connectivity index (χ2n) is 4.90. The number of amides is 1. The van der Waals surface area contributed by atoms with Crippen LogP contribution in [0.15, 0.2) is 18.2 Å². The van der Waals surface area contributed by atoms with E-state index in [1.54, 1.807) is 0 Å². The van der Waals surface area contributed by atoms with Crippen LogP contribution in [0.2, 0.25) is 10.0 Å². The van der Waals surface area contributed by atoms with Crippen LogP contribution in [0.5, 0.6) is 0 Å². The number of carbonyl (C=O) groups is 2. The zero-order chi connectivity index (χ0) is 15.4. The Bertz CT molecular complexity index is 544. The highest BCUT2D eigenvalue weighted by molar-refractivity contribution is 6.42. The first-order valence-electron chi connectivity index (χ1n) is 6.55. The van der Waals surface area contributed by atoms with Gasteiger partial charge >= 0.3 is 5.97 Å². The van der Waals surface area contributed by atoms with Crippen LogP contribution < -0.4 is 5.32 Å². The molecule has 1 amide bonds. The second-order valence-corrected chi connectivity index (χ2v) is 5.71. The molecule has 1 saturated heterocycles. The van der Waals surface area contributed by atoms with Crippen LogP contribution in [0.1, 0.15) is 23.2 Å². The van der Waals surface area contributed by atoms with Gasteiger partial charge in [-0.25, -0.2) is 4.79 Å². The molecule has 7 heteroatoms. The number of carboxylic acid groups (broad SMARTS) is 1. The molecule has 1 fully saturated rings. The van der Waals surface area contributed by atoms with Gasteiger partial charge in [0.1, 0.15) is 6.04 Å².